The van der Waals surface area contributed by atoms with Crippen molar-refractivity contribution in [2.24, 2.45) is 0 Å². The predicted molar refractivity (Wildman–Crippen MR) is 57.2 cm³/mol. The zero-order valence-electron chi connectivity index (χ0n) is 2.30. The Morgan fingerprint density at radius 1 is 1.20 bits per heavy atom. The number of hydrogen-bond acceptors (Lipinski definition) is 1. The second-order valence-electron chi connectivity index (χ2n) is 0.283. The van der Waals surface area contributed by atoms with Crippen LogP contribution in [0.1, 0.15) is 0 Å². The van der Waals surface area contributed by atoms with E-state index in [1.807, 2.05) is 0 Å². The van der Waals surface area contributed by atoms with Gasteiger partial charge in [-0.15, -0.1) is 0 Å². The van der Waals surface area contributed by atoms with Crippen LogP contribution < -0.4 is 0 Å². The van der Waals surface area contributed by atoms with Gasteiger partial charge < -0.3 is 15.1 Å². The molecule has 0 bridgehead atoms. The molecule has 0 saturated carbocycles. The molecule has 0 saturated heterocycles. The zero-order valence-corrected chi connectivity index (χ0v) is 3.30. The van der Waals surface area contributed by atoms with Crippen LogP contribution in [-0.2, 0) is 4.46 Å². The topological polar surface area (TPSA) is 89.0 Å². The van der Waals surface area contributed by atoms with Gasteiger partial charge in [0.25, 0.3) is 0 Å². The summed E-state index contributed by atoms with van der Waals surface area (Å²) >= 11 is 0. The Morgan fingerprint density at radius 3 is 1.20 bits per heavy atom. The molecule has 0 aliphatic rings. The van der Waals surface area contributed by atoms with Crippen LogP contribution in [0.5, 0.6) is 0 Å². The third kappa shape index (κ3) is 70.5. The van der Waals surface area contributed by atoms with Gasteiger partial charge in [0.15, 0.2) is 17.4 Å². The van der Waals surface area contributed by atoms with Crippen molar-refractivity contribution in [1.29, 1.82) is 0 Å². The second kappa shape index (κ2) is 36.6. The molecular weight excluding hydrogens is 407 g/mol. The van der Waals surface area contributed by atoms with Gasteiger partial charge in [0.05, 0.1) is 0 Å². The Hall–Kier alpha value is 5.42. The van der Waals surface area contributed by atoms with Gasteiger partial charge in [-0.1, -0.05) is 0 Å². The Labute approximate surface area is 201 Å². The molecule has 0 heterocycles. The van der Waals surface area contributed by atoms with Crippen LogP contribution >= 0.6 is 0 Å². The van der Waals surface area contributed by atoms with Crippen molar-refractivity contribution in [1.82, 2.24) is 0 Å². The van der Waals surface area contributed by atoms with Crippen molar-refractivity contribution in [3.63, 3.8) is 0 Å². The molecular formula is H14AlBaCaNaO4SiSr. The Balaban J connectivity index is -0.00000000300. The summed E-state index contributed by atoms with van der Waals surface area (Å²) in [5.41, 5.74) is 0. The van der Waals surface area contributed by atoms with Crippen molar-refractivity contribution in [2.45, 2.75) is 0 Å². The van der Waals surface area contributed by atoms with Gasteiger partial charge in [-0.3, -0.25) is 4.46 Å². The van der Waals surface area contributed by atoms with E-state index in [0.29, 0.717) is 0 Å². The summed E-state index contributed by atoms with van der Waals surface area (Å²) in [5, 5.41) is 0. The summed E-state index contributed by atoms with van der Waals surface area (Å²) in [5.74, 6) is 0. The van der Waals surface area contributed by atoms with E-state index in [0.717, 1.165) is 0 Å². The normalized spacial score (nSPS) is 2.40. The predicted octanol–water partition coefficient (Wildman–Crippen LogP) is -7.02. The maximum atomic E-state index is 8.74. The van der Waals surface area contributed by atoms with E-state index >= 15 is 0 Å². The van der Waals surface area contributed by atoms with Crippen molar-refractivity contribution < 1.29 is 19.5 Å². The molecule has 0 radical (unpaired) electrons. The molecule has 0 unspecified atom stereocenters. The van der Waals surface area contributed by atoms with E-state index in [4.69, 9.17) is 14.1 Å². The summed E-state index contributed by atoms with van der Waals surface area (Å²) < 4.78 is 8.74. The monoisotopic (exact) mass is 422 g/mol. The Morgan fingerprint density at radius 2 is 1.20 bits per heavy atom. The van der Waals surface area contributed by atoms with Crippen molar-refractivity contribution in [2.75, 3.05) is 0 Å². The molecule has 0 aliphatic heterocycles. The molecule has 0 atom stereocenters. The average Bonchev–Trinajstić information content (AvgIpc) is 0.811. The van der Waals surface area contributed by atoms with E-state index < -0.39 is 9.17 Å². The van der Waals surface area contributed by atoms with E-state index in [1.165, 1.54) is 0 Å². The van der Waals surface area contributed by atoms with Gasteiger partial charge in [-0.25, -0.2) is 0 Å². The molecule has 0 rings (SSSR count). The molecule has 4 N–H and O–H groups in total. The summed E-state index contributed by atoms with van der Waals surface area (Å²) in [4.78, 5) is 14.3. The van der Waals surface area contributed by atoms with Crippen LogP contribution in [0.25, 0.3) is 0 Å². The fourth-order valence-corrected chi connectivity index (χ4v) is 0. The standard InChI is InChI=1S/Al.Ba.Ca.Na.H2O3Si.H2O.Sr.10H/c;;;;1-4(2)3;;;;;;;;;;;;/h;;;;1-2H;1H2;;;;;;;;;;;. The molecule has 0 spiro atoms. The molecule has 4 nitrogen and oxygen atoms in total. The van der Waals surface area contributed by atoms with Crippen molar-refractivity contribution in [3.8, 4) is 0 Å². The number of rotatable bonds is 0. The molecule has 0 fully saturated rings. The summed E-state index contributed by atoms with van der Waals surface area (Å²) in [6, 6.07) is 0. The summed E-state index contributed by atoms with van der Waals surface area (Å²) in [6.07, 6.45) is 0. The van der Waals surface area contributed by atoms with E-state index in [1.54, 1.807) is 0 Å². The molecule has 10 heavy (non-hydrogen) atoms. The van der Waals surface area contributed by atoms with Crippen molar-refractivity contribution in [3.05, 3.63) is 0 Å². The minimum atomic E-state index is -3.13. The maximum absolute atomic E-state index is 8.74. The third-order valence-corrected chi connectivity index (χ3v) is 0. The Kier molecular flexibility index (Phi) is 166. The minimum absolute atomic E-state index is 0. The number of hydrogen-bond donors (Lipinski definition) is 2. The fourth-order valence-electron chi connectivity index (χ4n) is 0. The third-order valence-electron chi connectivity index (χ3n) is 0. The molecule has 0 aliphatic carbocycles. The molecule has 0 aromatic carbocycles. The SMILES string of the molecule is O.O=[Si](O)O.[AlH3].[BaH2].[CaH2].[NaH].[SrH2]. The fraction of sp³-hybridized carbons (Fsp3) is 0. The summed E-state index contributed by atoms with van der Waals surface area (Å²) in [7, 11) is -3.13. The Bertz CT molecular complexity index is 48.2. The van der Waals surface area contributed by atoms with Gasteiger partial charge in [0.1, 0.15) is 0 Å². The van der Waals surface area contributed by atoms with Crippen LogP contribution in [0.4, 0.5) is 0 Å². The molecule has 52 valence electrons. The molecule has 0 aromatic heterocycles. The van der Waals surface area contributed by atoms with E-state index in [-0.39, 0.29) is 184 Å². The van der Waals surface area contributed by atoms with Gasteiger partial charge >= 0.3 is 171 Å². The first-order valence-corrected chi connectivity index (χ1v) is 1.95. The molecule has 0 amide bonds. The van der Waals surface area contributed by atoms with Crippen molar-refractivity contribution >= 4 is 188 Å². The first-order valence-electron chi connectivity index (χ1n) is 0.651. The van der Waals surface area contributed by atoms with Crippen LogP contribution in [-0.4, -0.2) is 203 Å². The molecule has 10 heteroatoms. The van der Waals surface area contributed by atoms with E-state index in [9.17, 15) is 0 Å². The summed E-state index contributed by atoms with van der Waals surface area (Å²) in [6.45, 7) is 0. The quantitative estimate of drug-likeness (QED) is 0.381. The first-order chi connectivity index (χ1) is 1.73. The van der Waals surface area contributed by atoms with Gasteiger partial charge in [-0.2, -0.15) is 0 Å². The van der Waals surface area contributed by atoms with Crippen LogP contribution in [0, 0.1) is 0 Å². The van der Waals surface area contributed by atoms with Crippen LogP contribution in [0.3, 0.4) is 0 Å². The van der Waals surface area contributed by atoms with E-state index in [2.05, 4.69) is 0 Å². The second-order valence-corrected chi connectivity index (χ2v) is 0.848. The van der Waals surface area contributed by atoms with Crippen LogP contribution in [0.15, 0.2) is 0 Å². The zero-order chi connectivity index (χ0) is 3.58. The van der Waals surface area contributed by atoms with Crippen LogP contribution in [0.2, 0.25) is 0 Å². The molecule has 0 aromatic rings. The van der Waals surface area contributed by atoms with Gasteiger partial charge in [0.2, 0.25) is 0 Å². The average molecular weight is 421 g/mol. The van der Waals surface area contributed by atoms with Gasteiger partial charge in [-0.05, 0) is 0 Å². The first kappa shape index (κ1) is 45.2. The van der Waals surface area contributed by atoms with Gasteiger partial charge in [0, 0.05) is 0 Å².